The molecule has 0 atom stereocenters. The third-order valence-electron chi connectivity index (χ3n) is 2.61. The molecule has 1 aliphatic rings. The number of amides is 2. The molecule has 0 aromatic rings. The molecule has 1 aliphatic heterocycles. The van der Waals surface area contributed by atoms with Gasteiger partial charge in [-0.15, -0.1) is 0 Å². The molecule has 1 saturated heterocycles. The van der Waals surface area contributed by atoms with Gasteiger partial charge in [-0.3, -0.25) is 0 Å². The molecule has 5 nitrogen and oxygen atoms in total. The van der Waals surface area contributed by atoms with Crippen LogP contribution in [0.25, 0.3) is 0 Å². The first kappa shape index (κ1) is 12.3. The molecule has 1 rings (SSSR count). The van der Waals surface area contributed by atoms with Crippen LogP contribution in [-0.2, 0) is 4.74 Å². The van der Waals surface area contributed by atoms with E-state index in [0.717, 1.165) is 25.9 Å². The van der Waals surface area contributed by atoms with Gasteiger partial charge in [-0.1, -0.05) is 0 Å². The van der Waals surface area contributed by atoms with Crippen LogP contribution >= 0.6 is 0 Å². The van der Waals surface area contributed by atoms with Crippen molar-refractivity contribution in [3.63, 3.8) is 0 Å². The first-order valence-corrected chi connectivity index (χ1v) is 5.52. The van der Waals surface area contributed by atoms with Crippen molar-refractivity contribution in [2.45, 2.75) is 12.8 Å². The molecule has 1 fully saturated rings. The minimum Gasteiger partial charge on any atom is -0.383 e. The highest BCUT2D eigenvalue weighted by molar-refractivity contribution is 5.74. The number of hydrogen-bond donors (Lipinski definition) is 1. The van der Waals surface area contributed by atoms with Crippen molar-refractivity contribution in [2.24, 2.45) is 5.73 Å². The van der Waals surface area contributed by atoms with Crippen LogP contribution in [0, 0.1) is 0 Å². The van der Waals surface area contributed by atoms with Gasteiger partial charge in [0.15, 0.2) is 0 Å². The largest absolute Gasteiger partial charge is 0.383 e. The Kier molecular flexibility index (Phi) is 5.42. The molecule has 2 N–H and O–H groups in total. The van der Waals surface area contributed by atoms with Crippen LogP contribution < -0.4 is 5.73 Å². The highest BCUT2D eigenvalue weighted by atomic mass is 16.5. The predicted octanol–water partition coefficient (Wildman–Crippen LogP) is 0.109. The Morgan fingerprint density at radius 1 is 1.40 bits per heavy atom. The summed E-state index contributed by atoms with van der Waals surface area (Å²) < 4.78 is 4.98. The normalized spacial score (nSPS) is 15.7. The smallest absolute Gasteiger partial charge is 0.320 e. The Morgan fingerprint density at radius 2 is 2.07 bits per heavy atom. The van der Waals surface area contributed by atoms with Crippen molar-refractivity contribution in [3.8, 4) is 0 Å². The zero-order valence-corrected chi connectivity index (χ0v) is 9.45. The molecule has 0 aromatic carbocycles. The number of nitrogens with two attached hydrogens (primary N) is 1. The summed E-state index contributed by atoms with van der Waals surface area (Å²) in [7, 11) is 1.64. The highest BCUT2D eigenvalue weighted by Gasteiger charge is 2.22. The molecule has 0 radical (unpaired) electrons. The van der Waals surface area contributed by atoms with Crippen molar-refractivity contribution in [3.05, 3.63) is 0 Å². The van der Waals surface area contributed by atoms with Crippen molar-refractivity contribution in [2.75, 3.05) is 46.4 Å². The number of rotatable bonds is 5. The summed E-state index contributed by atoms with van der Waals surface area (Å²) in [5.41, 5.74) is 5.48. The summed E-state index contributed by atoms with van der Waals surface area (Å²) in [6.07, 6.45) is 2.24. The van der Waals surface area contributed by atoms with Gasteiger partial charge in [0.1, 0.15) is 0 Å². The van der Waals surface area contributed by atoms with E-state index in [1.54, 1.807) is 12.0 Å². The molecule has 0 aliphatic carbocycles. The van der Waals surface area contributed by atoms with Crippen LogP contribution in [0.5, 0.6) is 0 Å². The lowest BCUT2D eigenvalue weighted by Crippen LogP contribution is -2.45. The van der Waals surface area contributed by atoms with Crippen molar-refractivity contribution < 1.29 is 9.53 Å². The molecular weight excluding hydrogens is 194 g/mol. The Labute approximate surface area is 91.2 Å². The number of carbonyl (C=O) groups excluding carboxylic acids is 1. The summed E-state index contributed by atoms with van der Waals surface area (Å²) in [5, 5.41) is 0. The number of hydrogen-bond acceptors (Lipinski definition) is 3. The van der Waals surface area contributed by atoms with Crippen LogP contribution in [0.1, 0.15) is 12.8 Å². The number of nitrogens with zero attached hydrogens (tertiary/aromatic N) is 2. The van der Waals surface area contributed by atoms with Crippen molar-refractivity contribution in [1.82, 2.24) is 9.80 Å². The summed E-state index contributed by atoms with van der Waals surface area (Å²) in [6.45, 7) is 4.07. The standard InChI is InChI=1S/C10H21N3O2/c1-15-9-8-13(7-4-11)10(14)12-5-2-3-6-12/h2-9,11H2,1H3. The van der Waals surface area contributed by atoms with Crippen LogP contribution in [0.15, 0.2) is 0 Å². The van der Waals surface area contributed by atoms with Gasteiger partial charge in [-0.2, -0.15) is 0 Å². The molecular formula is C10H21N3O2. The fraction of sp³-hybridized carbons (Fsp3) is 0.900. The second-order valence-electron chi connectivity index (χ2n) is 3.75. The molecule has 0 aromatic heterocycles. The molecule has 15 heavy (non-hydrogen) atoms. The maximum Gasteiger partial charge on any atom is 0.320 e. The minimum absolute atomic E-state index is 0.106. The van der Waals surface area contributed by atoms with Gasteiger partial charge in [-0.05, 0) is 12.8 Å². The predicted molar refractivity (Wildman–Crippen MR) is 58.7 cm³/mol. The Balaban J connectivity index is 2.41. The van der Waals surface area contributed by atoms with Crippen LogP contribution in [0.3, 0.4) is 0 Å². The lowest BCUT2D eigenvalue weighted by molar-refractivity contribution is 0.132. The Morgan fingerprint density at radius 3 is 2.60 bits per heavy atom. The second-order valence-corrected chi connectivity index (χ2v) is 3.75. The van der Waals surface area contributed by atoms with Gasteiger partial charge in [-0.25, -0.2) is 4.79 Å². The topological polar surface area (TPSA) is 58.8 Å². The van der Waals surface area contributed by atoms with Gasteiger partial charge in [0.25, 0.3) is 0 Å². The molecule has 0 unspecified atom stereocenters. The van der Waals surface area contributed by atoms with E-state index in [2.05, 4.69) is 0 Å². The molecule has 1 heterocycles. The zero-order valence-electron chi connectivity index (χ0n) is 9.45. The summed E-state index contributed by atoms with van der Waals surface area (Å²) in [6, 6.07) is 0.106. The molecule has 5 heteroatoms. The van der Waals surface area contributed by atoms with Crippen LogP contribution in [-0.4, -0.2) is 62.3 Å². The van der Waals surface area contributed by atoms with Gasteiger partial charge in [0, 0.05) is 39.8 Å². The van der Waals surface area contributed by atoms with Gasteiger partial charge >= 0.3 is 6.03 Å². The lowest BCUT2D eigenvalue weighted by atomic mass is 10.4. The van der Waals surface area contributed by atoms with E-state index >= 15 is 0 Å². The maximum atomic E-state index is 12.0. The van der Waals surface area contributed by atoms with E-state index in [9.17, 15) is 4.79 Å². The van der Waals surface area contributed by atoms with Gasteiger partial charge in [0.05, 0.1) is 6.61 Å². The SMILES string of the molecule is COCCN(CCN)C(=O)N1CCCC1. The minimum atomic E-state index is 0.106. The van der Waals surface area contributed by atoms with E-state index < -0.39 is 0 Å². The summed E-state index contributed by atoms with van der Waals surface area (Å²) in [4.78, 5) is 15.6. The number of ether oxygens (including phenoxy) is 1. The molecule has 0 saturated carbocycles. The lowest BCUT2D eigenvalue weighted by Gasteiger charge is -2.27. The van der Waals surface area contributed by atoms with Crippen LogP contribution in [0.2, 0.25) is 0 Å². The Bertz CT molecular complexity index is 193. The monoisotopic (exact) mass is 215 g/mol. The fourth-order valence-corrected chi connectivity index (χ4v) is 1.77. The highest BCUT2D eigenvalue weighted by Crippen LogP contribution is 2.10. The van der Waals surface area contributed by atoms with Crippen LogP contribution in [0.4, 0.5) is 4.79 Å². The third-order valence-corrected chi connectivity index (χ3v) is 2.61. The average Bonchev–Trinajstić information content (AvgIpc) is 2.76. The van der Waals surface area contributed by atoms with Crippen molar-refractivity contribution in [1.29, 1.82) is 0 Å². The van der Waals surface area contributed by atoms with Gasteiger partial charge in [0.2, 0.25) is 0 Å². The third kappa shape index (κ3) is 3.68. The second kappa shape index (κ2) is 6.63. The maximum absolute atomic E-state index is 12.0. The number of carbonyl (C=O) groups is 1. The average molecular weight is 215 g/mol. The Hall–Kier alpha value is -0.810. The molecule has 0 spiro atoms. The molecule has 2 amide bonds. The summed E-state index contributed by atoms with van der Waals surface area (Å²) in [5.74, 6) is 0. The van der Waals surface area contributed by atoms with Crippen molar-refractivity contribution >= 4 is 6.03 Å². The summed E-state index contributed by atoms with van der Waals surface area (Å²) >= 11 is 0. The molecule has 88 valence electrons. The van der Waals surface area contributed by atoms with E-state index in [1.807, 2.05) is 4.90 Å². The van der Waals surface area contributed by atoms with E-state index in [0.29, 0.717) is 26.2 Å². The van der Waals surface area contributed by atoms with E-state index in [-0.39, 0.29) is 6.03 Å². The fourth-order valence-electron chi connectivity index (χ4n) is 1.77. The quantitative estimate of drug-likeness (QED) is 0.708. The molecule has 0 bridgehead atoms. The van der Waals surface area contributed by atoms with E-state index in [1.165, 1.54) is 0 Å². The first-order chi connectivity index (χ1) is 7.29. The van der Waals surface area contributed by atoms with E-state index in [4.69, 9.17) is 10.5 Å². The zero-order chi connectivity index (χ0) is 11.1. The number of urea groups is 1. The van der Waals surface area contributed by atoms with Gasteiger partial charge < -0.3 is 20.3 Å². The first-order valence-electron chi connectivity index (χ1n) is 5.52. The number of methoxy groups -OCH3 is 1. The number of likely N-dealkylation sites (tertiary alicyclic amines) is 1.